The lowest BCUT2D eigenvalue weighted by atomic mass is 9.74. The van der Waals surface area contributed by atoms with Gasteiger partial charge < -0.3 is 14.4 Å². The van der Waals surface area contributed by atoms with Crippen molar-refractivity contribution < 1.29 is 23.3 Å². The van der Waals surface area contributed by atoms with Gasteiger partial charge in [-0.05, 0) is 66.2 Å². The molecule has 1 amide bonds. The summed E-state index contributed by atoms with van der Waals surface area (Å²) >= 11 is 0. The van der Waals surface area contributed by atoms with Crippen LogP contribution < -0.4 is 4.72 Å². The van der Waals surface area contributed by atoms with Gasteiger partial charge in [-0.15, -0.1) is 0 Å². The zero-order valence-electron chi connectivity index (χ0n) is 19.9. The summed E-state index contributed by atoms with van der Waals surface area (Å²) in [7, 11) is -1.22. The fourth-order valence-corrected chi connectivity index (χ4v) is 5.03. The number of rotatable bonds is 4. The first-order valence-corrected chi connectivity index (χ1v) is 12.1. The van der Waals surface area contributed by atoms with E-state index in [1.165, 1.54) is 0 Å². The van der Waals surface area contributed by atoms with E-state index in [4.69, 9.17) is 9.47 Å². The van der Waals surface area contributed by atoms with Crippen LogP contribution in [0.2, 0.25) is 0 Å². The Morgan fingerprint density at radius 2 is 1.67 bits per heavy atom. The number of nitrogens with one attached hydrogen (secondary N) is 1. The molecular formula is C22H40N2O5S. The van der Waals surface area contributed by atoms with Gasteiger partial charge in [0.2, 0.25) is 0 Å². The predicted octanol–water partition coefficient (Wildman–Crippen LogP) is 3.79. The Morgan fingerprint density at radius 3 is 2.13 bits per heavy atom. The molecule has 1 N–H and O–H groups in total. The summed E-state index contributed by atoms with van der Waals surface area (Å²) in [4.78, 5) is 26.4. The summed E-state index contributed by atoms with van der Waals surface area (Å²) in [5.41, 5.74) is -0.676. The van der Waals surface area contributed by atoms with Crippen molar-refractivity contribution in [2.24, 2.45) is 11.3 Å². The Bertz CT molecular complexity index is 657. The number of nitrogens with zero attached hydrogens (tertiary/aromatic N) is 1. The highest BCUT2D eigenvalue weighted by Crippen LogP contribution is 2.48. The maximum absolute atomic E-state index is 12.8. The third-order valence-electron chi connectivity index (χ3n) is 5.84. The van der Waals surface area contributed by atoms with Gasteiger partial charge in [0.25, 0.3) is 0 Å². The first kappa shape index (κ1) is 25.1. The van der Waals surface area contributed by atoms with Crippen molar-refractivity contribution in [2.45, 2.75) is 104 Å². The topological polar surface area (TPSA) is 84.9 Å². The van der Waals surface area contributed by atoms with Crippen molar-refractivity contribution in [2.75, 3.05) is 13.1 Å². The van der Waals surface area contributed by atoms with Gasteiger partial charge in [0.15, 0.2) is 0 Å². The van der Waals surface area contributed by atoms with Crippen LogP contribution in [0.3, 0.4) is 0 Å². The third kappa shape index (κ3) is 6.42. The summed E-state index contributed by atoms with van der Waals surface area (Å²) in [6.45, 7) is 16.2. The lowest BCUT2D eigenvalue weighted by molar-refractivity contribution is -0.152. The van der Waals surface area contributed by atoms with E-state index >= 15 is 0 Å². The molecule has 0 aromatic rings. The second kappa shape index (κ2) is 9.15. The highest BCUT2D eigenvalue weighted by atomic mass is 32.2. The monoisotopic (exact) mass is 444 g/mol. The number of piperidine rings is 1. The molecule has 1 spiro atoms. The summed E-state index contributed by atoms with van der Waals surface area (Å²) in [5.74, 6) is -0.371. The van der Waals surface area contributed by atoms with Gasteiger partial charge in [-0.1, -0.05) is 13.8 Å². The zero-order valence-corrected chi connectivity index (χ0v) is 20.7. The van der Waals surface area contributed by atoms with Crippen LogP contribution in [-0.4, -0.2) is 56.8 Å². The molecule has 2 aliphatic rings. The van der Waals surface area contributed by atoms with Crippen LogP contribution in [-0.2, 0) is 25.3 Å². The van der Waals surface area contributed by atoms with E-state index in [-0.39, 0.29) is 40.3 Å². The van der Waals surface area contributed by atoms with Crippen LogP contribution in [0.5, 0.6) is 0 Å². The number of carbonyl (C=O) groups excluding carboxylic acids is 2. The van der Waals surface area contributed by atoms with E-state index in [1.807, 2.05) is 55.4 Å². The lowest BCUT2D eigenvalue weighted by Gasteiger charge is -2.43. The summed E-state index contributed by atoms with van der Waals surface area (Å²) in [6.07, 6.45) is 2.42. The Kier molecular flexibility index (Phi) is 7.66. The van der Waals surface area contributed by atoms with Gasteiger partial charge in [0.05, 0.1) is 21.7 Å². The van der Waals surface area contributed by atoms with Gasteiger partial charge in [-0.2, -0.15) is 0 Å². The molecule has 0 aromatic heterocycles. The van der Waals surface area contributed by atoms with Crippen molar-refractivity contribution >= 4 is 23.0 Å². The maximum Gasteiger partial charge on any atom is 0.410 e. The van der Waals surface area contributed by atoms with Crippen LogP contribution >= 0.6 is 0 Å². The summed E-state index contributed by atoms with van der Waals surface area (Å²) in [5, 5.41) is 0. The molecule has 7 nitrogen and oxygen atoms in total. The Balaban J connectivity index is 2.12. The minimum atomic E-state index is -1.22. The second-order valence-electron chi connectivity index (χ2n) is 11.0. The SMILES string of the molecule is CC(C)C(=O)OC1CC(NS(=O)C(C)(C)C)C2(CCN(C(=O)OC(C)(C)C)CC2)C1. The van der Waals surface area contributed by atoms with E-state index in [0.717, 1.165) is 19.3 Å². The molecule has 1 heterocycles. The van der Waals surface area contributed by atoms with Crippen LogP contribution in [0, 0.1) is 11.3 Å². The molecule has 174 valence electrons. The number of amides is 1. The molecule has 0 aromatic carbocycles. The lowest BCUT2D eigenvalue weighted by Crippen LogP contribution is -2.52. The highest BCUT2D eigenvalue weighted by molar-refractivity contribution is 7.84. The maximum atomic E-state index is 12.8. The molecule has 0 bridgehead atoms. The van der Waals surface area contributed by atoms with Crippen molar-refractivity contribution in [3.63, 3.8) is 0 Å². The number of esters is 1. The first-order chi connectivity index (χ1) is 13.6. The minimum absolute atomic E-state index is 0.0247. The molecular weight excluding hydrogens is 404 g/mol. The van der Waals surface area contributed by atoms with E-state index in [2.05, 4.69) is 4.72 Å². The number of likely N-dealkylation sites (tertiary alicyclic amines) is 1. The second-order valence-corrected chi connectivity index (χ2v) is 13.0. The molecule has 1 aliphatic carbocycles. The third-order valence-corrected chi connectivity index (χ3v) is 7.45. The van der Waals surface area contributed by atoms with Crippen LogP contribution in [0.15, 0.2) is 0 Å². The molecule has 30 heavy (non-hydrogen) atoms. The molecule has 1 saturated carbocycles. The molecule has 3 atom stereocenters. The van der Waals surface area contributed by atoms with Crippen molar-refractivity contribution in [1.82, 2.24) is 9.62 Å². The van der Waals surface area contributed by atoms with E-state index in [9.17, 15) is 13.8 Å². The molecule has 1 aliphatic heterocycles. The first-order valence-electron chi connectivity index (χ1n) is 11.0. The van der Waals surface area contributed by atoms with E-state index in [0.29, 0.717) is 19.5 Å². The fraction of sp³-hybridized carbons (Fsp3) is 0.909. The normalized spacial score (nSPS) is 25.4. The summed E-state index contributed by atoms with van der Waals surface area (Å²) < 4.78 is 27.0. The number of ether oxygens (including phenoxy) is 2. The Hall–Kier alpha value is -1.15. The van der Waals surface area contributed by atoms with Crippen molar-refractivity contribution in [3.05, 3.63) is 0 Å². The predicted molar refractivity (Wildman–Crippen MR) is 118 cm³/mol. The van der Waals surface area contributed by atoms with Gasteiger partial charge in [0, 0.05) is 25.6 Å². The van der Waals surface area contributed by atoms with Crippen molar-refractivity contribution in [3.8, 4) is 0 Å². The molecule has 8 heteroatoms. The molecule has 2 rings (SSSR count). The number of hydrogen-bond donors (Lipinski definition) is 1. The van der Waals surface area contributed by atoms with Gasteiger partial charge >= 0.3 is 12.1 Å². The fourth-order valence-electron chi connectivity index (χ4n) is 4.07. The quantitative estimate of drug-likeness (QED) is 0.667. The average molecular weight is 445 g/mol. The van der Waals surface area contributed by atoms with Crippen LogP contribution in [0.1, 0.15) is 81.1 Å². The largest absolute Gasteiger partial charge is 0.462 e. The van der Waals surface area contributed by atoms with Gasteiger partial charge in [-0.25, -0.2) is 13.7 Å². The molecule has 1 saturated heterocycles. The Morgan fingerprint density at radius 1 is 1.10 bits per heavy atom. The van der Waals surface area contributed by atoms with E-state index < -0.39 is 16.6 Å². The zero-order chi connectivity index (χ0) is 22.9. The minimum Gasteiger partial charge on any atom is -0.462 e. The van der Waals surface area contributed by atoms with Gasteiger partial charge in [-0.3, -0.25) is 4.79 Å². The van der Waals surface area contributed by atoms with Crippen molar-refractivity contribution in [1.29, 1.82) is 0 Å². The number of hydrogen-bond acceptors (Lipinski definition) is 5. The van der Waals surface area contributed by atoms with Gasteiger partial charge in [0.1, 0.15) is 11.7 Å². The summed E-state index contributed by atoms with van der Waals surface area (Å²) in [6, 6.07) is -0.0247. The smallest absolute Gasteiger partial charge is 0.410 e. The van der Waals surface area contributed by atoms with Crippen LogP contribution in [0.4, 0.5) is 4.79 Å². The average Bonchev–Trinajstić information content (AvgIpc) is 2.89. The Labute approximate surface area is 184 Å². The van der Waals surface area contributed by atoms with Crippen LogP contribution in [0.25, 0.3) is 0 Å². The van der Waals surface area contributed by atoms with E-state index in [1.54, 1.807) is 4.90 Å². The molecule has 0 radical (unpaired) electrons. The standard InChI is InChI=1S/C22H40N2O5S/c1-15(2)18(25)28-16-13-17(23-30(27)21(6,7)8)22(14-16)9-11-24(12-10-22)19(26)29-20(3,4)5/h15-17,23H,9-14H2,1-8H3. The molecule has 2 fully saturated rings. The molecule has 3 unspecified atom stereocenters. The number of carbonyl (C=O) groups is 2. The highest BCUT2D eigenvalue weighted by Gasteiger charge is 2.51.